The Kier molecular flexibility index (Phi) is 2.96. The van der Waals surface area contributed by atoms with Crippen molar-refractivity contribution in [3.8, 4) is 0 Å². The lowest BCUT2D eigenvalue weighted by Gasteiger charge is -2.13. The first-order chi connectivity index (χ1) is 6.86. The number of aromatic nitrogens is 4. The van der Waals surface area contributed by atoms with Crippen LogP contribution in [0.5, 0.6) is 0 Å². The Morgan fingerprint density at radius 2 is 1.93 bits per heavy atom. The predicted molar refractivity (Wildman–Crippen MR) is 53.4 cm³/mol. The minimum absolute atomic E-state index is 0.439. The number of rotatable bonds is 2. The molecule has 1 aromatic rings. The van der Waals surface area contributed by atoms with E-state index in [4.69, 9.17) is 5.73 Å². The van der Waals surface area contributed by atoms with Gasteiger partial charge in [-0.05, 0) is 29.2 Å². The summed E-state index contributed by atoms with van der Waals surface area (Å²) < 4.78 is 1.72. The number of nitrogens with zero attached hydrogens (tertiary/aromatic N) is 4. The topological polar surface area (TPSA) is 69.6 Å². The molecule has 1 fully saturated rings. The predicted octanol–water partition coefficient (Wildman–Crippen LogP) is 1.23. The van der Waals surface area contributed by atoms with E-state index in [0.717, 1.165) is 6.54 Å². The van der Waals surface area contributed by atoms with Crippen LogP contribution in [0.1, 0.15) is 38.5 Å². The van der Waals surface area contributed by atoms with Gasteiger partial charge in [-0.1, -0.05) is 30.8 Å². The third-order valence-corrected chi connectivity index (χ3v) is 2.97. The molecule has 14 heavy (non-hydrogen) atoms. The molecule has 0 aliphatic heterocycles. The summed E-state index contributed by atoms with van der Waals surface area (Å²) in [6.45, 7) is 0.888. The fourth-order valence-corrected chi connectivity index (χ4v) is 2.13. The molecule has 5 heteroatoms. The lowest BCUT2D eigenvalue weighted by atomic mass is 10.0. The number of hydrogen-bond donors (Lipinski definition) is 1. The van der Waals surface area contributed by atoms with Gasteiger partial charge in [0.2, 0.25) is 5.95 Å². The van der Waals surface area contributed by atoms with Crippen molar-refractivity contribution < 1.29 is 0 Å². The molecule has 0 amide bonds. The largest absolute Gasteiger partial charge is 0.367 e. The second-order valence-electron chi connectivity index (χ2n) is 4.08. The van der Waals surface area contributed by atoms with Gasteiger partial charge in [-0.2, -0.15) is 0 Å². The van der Waals surface area contributed by atoms with Crippen molar-refractivity contribution >= 4 is 5.95 Å². The van der Waals surface area contributed by atoms with Gasteiger partial charge in [0.05, 0.1) is 0 Å². The summed E-state index contributed by atoms with van der Waals surface area (Å²) in [5.74, 6) is 1.15. The average Bonchev–Trinajstić information content (AvgIpc) is 2.44. The van der Waals surface area contributed by atoms with E-state index in [1.54, 1.807) is 4.68 Å². The second kappa shape index (κ2) is 4.39. The number of tetrazole rings is 1. The summed E-state index contributed by atoms with van der Waals surface area (Å²) in [6, 6.07) is 0. The smallest absolute Gasteiger partial charge is 0.240 e. The molecular weight excluding hydrogens is 178 g/mol. The molecule has 1 saturated carbocycles. The quantitative estimate of drug-likeness (QED) is 0.720. The van der Waals surface area contributed by atoms with Crippen molar-refractivity contribution in [3.05, 3.63) is 0 Å². The normalized spacial score (nSPS) is 19.4. The van der Waals surface area contributed by atoms with Gasteiger partial charge in [0, 0.05) is 6.54 Å². The first-order valence-corrected chi connectivity index (χ1v) is 5.38. The molecule has 0 saturated heterocycles. The lowest BCUT2D eigenvalue weighted by Crippen LogP contribution is -2.13. The van der Waals surface area contributed by atoms with Gasteiger partial charge in [0.15, 0.2) is 0 Å². The Bertz CT molecular complexity index is 274. The van der Waals surface area contributed by atoms with Gasteiger partial charge in [-0.25, -0.2) is 4.68 Å². The average molecular weight is 195 g/mol. The van der Waals surface area contributed by atoms with Crippen LogP contribution in [0.15, 0.2) is 0 Å². The molecule has 2 N–H and O–H groups in total. The Labute approximate surface area is 83.7 Å². The molecule has 0 bridgehead atoms. The monoisotopic (exact) mass is 195 g/mol. The molecule has 0 unspecified atom stereocenters. The van der Waals surface area contributed by atoms with E-state index in [0.29, 0.717) is 11.9 Å². The van der Waals surface area contributed by atoms with E-state index in [1.165, 1.54) is 38.5 Å². The Morgan fingerprint density at radius 3 is 2.50 bits per heavy atom. The number of anilines is 1. The van der Waals surface area contributed by atoms with Crippen LogP contribution in [0.2, 0.25) is 0 Å². The summed E-state index contributed by atoms with van der Waals surface area (Å²) in [7, 11) is 0. The maximum absolute atomic E-state index is 5.62. The van der Waals surface area contributed by atoms with Crippen LogP contribution in [0, 0.1) is 5.92 Å². The molecule has 1 aromatic heterocycles. The zero-order chi connectivity index (χ0) is 9.80. The highest BCUT2D eigenvalue weighted by Gasteiger charge is 2.14. The fraction of sp³-hybridized carbons (Fsp3) is 0.889. The number of hydrogen-bond acceptors (Lipinski definition) is 4. The van der Waals surface area contributed by atoms with E-state index >= 15 is 0 Å². The van der Waals surface area contributed by atoms with Gasteiger partial charge in [-0.3, -0.25) is 0 Å². The highest BCUT2D eigenvalue weighted by Crippen LogP contribution is 2.24. The van der Waals surface area contributed by atoms with Gasteiger partial charge in [0.25, 0.3) is 0 Å². The zero-order valence-corrected chi connectivity index (χ0v) is 8.39. The first kappa shape index (κ1) is 9.43. The van der Waals surface area contributed by atoms with E-state index in [-0.39, 0.29) is 0 Å². The van der Waals surface area contributed by atoms with E-state index in [2.05, 4.69) is 15.5 Å². The number of nitrogens with two attached hydrogens (primary N) is 1. The highest BCUT2D eigenvalue weighted by molar-refractivity contribution is 5.09. The Hall–Kier alpha value is -1.13. The highest BCUT2D eigenvalue weighted by atomic mass is 15.6. The van der Waals surface area contributed by atoms with E-state index in [9.17, 15) is 0 Å². The summed E-state index contributed by atoms with van der Waals surface area (Å²) in [6.07, 6.45) is 8.02. The second-order valence-corrected chi connectivity index (χ2v) is 4.08. The minimum Gasteiger partial charge on any atom is -0.367 e. The van der Waals surface area contributed by atoms with Gasteiger partial charge < -0.3 is 5.73 Å². The van der Waals surface area contributed by atoms with Crippen molar-refractivity contribution in [2.75, 3.05) is 5.73 Å². The molecule has 1 aliphatic carbocycles. The summed E-state index contributed by atoms with van der Waals surface area (Å²) in [5, 5.41) is 11.1. The van der Waals surface area contributed by atoms with Crippen LogP contribution in [0.25, 0.3) is 0 Å². The lowest BCUT2D eigenvalue weighted by molar-refractivity contribution is 0.374. The zero-order valence-electron chi connectivity index (χ0n) is 8.39. The molecule has 0 aromatic carbocycles. The summed E-state index contributed by atoms with van der Waals surface area (Å²) in [4.78, 5) is 0. The molecule has 2 rings (SSSR count). The van der Waals surface area contributed by atoms with Crippen molar-refractivity contribution in [1.29, 1.82) is 0 Å². The Balaban J connectivity index is 1.92. The molecule has 0 spiro atoms. The van der Waals surface area contributed by atoms with Crippen molar-refractivity contribution in [3.63, 3.8) is 0 Å². The standard InChI is InChI=1S/C9H17N5/c10-9-11-12-13-14(9)7-8-5-3-1-2-4-6-8/h8H,1-7H2,(H2,10,11,13). The fourth-order valence-electron chi connectivity index (χ4n) is 2.13. The van der Waals surface area contributed by atoms with Gasteiger partial charge >= 0.3 is 0 Å². The SMILES string of the molecule is Nc1nnnn1CC1CCCCCC1. The van der Waals surface area contributed by atoms with Crippen LogP contribution < -0.4 is 5.73 Å². The van der Waals surface area contributed by atoms with Gasteiger partial charge in [-0.15, -0.1) is 0 Å². The number of nitrogen functional groups attached to an aromatic ring is 1. The third-order valence-electron chi connectivity index (χ3n) is 2.97. The van der Waals surface area contributed by atoms with Crippen LogP contribution in [-0.2, 0) is 6.54 Å². The maximum atomic E-state index is 5.62. The van der Waals surface area contributed by atoms with Gasteiger partial charge in [0.1, 0.15) is 0 Å². The third kappa shape index (κ3) is 2.21. The Morgan fingerprint density at radius 1 is 1.21 bits per heavy atom. The first-order valence-electron chi connectivity index (χ1n) is 5.38. The molecular formula is C9H17N5. The molecule has 1 heterocycles. The molecule has 0 atom stereocenters. The summed E-state index contributed by atoms with van der Waals surface area (Å²) in [5.41, 5.74) is 5.62. The maximum Gasteiger partial charge on any atom is 0.240 e. The van der Waals surface area contributed by atoms with Crippen molar-refractivity contribution in [2.45, 2.75) is 45.1 Å². The minimum atomic E-state index is 0.439. The van der Waals surface area contributed by atoms with Crippen molar-refractivity contribution in [2.24, 2.45) is 5.92 Å². The van der Waals surface area contributed by atoms with E-state index < -0.39 is 0 Å². The van der Waals surface area contributed by atoms with Crippen LogP contribution in [-0.4, -0.2) is 20.2 Å². The van der Waals surface area contributed by atoms with Crippen molar-refractivity contribution in [1.82, 2.24) is 20.2 Å². The molecule has 5 nitrogen and oxygen atoms in total. The van der Waals surface area contributed by atoms with Crippen LogP contribution in [0.3, 0.4) is 0 Å². The molecule has 1 aliphatic rings. The molecule has 0 radical (unpaired) electrons. The van der Waals surface area contributed by atoms with Crippen LogP contribution >= 0.6 is 0 Å². The molecule has 78 valence electrons. The summed E-state index contributed by atoms with van der Waals surface area (Å²) >= 11 is 0. The van der Waals surface area contributed by atoms with Crippen LogP contribution in [0.4, 0.5) is 5.95 Å². The van der Waals surface area contributed by atoms with E-state index in [1.807, 2.05) is 0 Å².